The van der Waals surface area contributed by atoms with Crippen LogP contribution in [0.15, 0.2) is 42.5 Å². The molecule has 0 aliphatic carbocycles. The Labute approximate surface area is 110 Å². The first kappa shape index (κ1) is 13.5. The molecule has 100 valence electrons. The zero-order valence-corrected chi connectivity index (χ0v) is 10.3. The fraction of sp³-hybridized carbons (Fsp3) is 0.200. The van der Waals surface area contributed by atoms with Crippen LogP contribution in [0.1, 0.15) is 12.0 Å². The molecule has 0 unspecified atom stereocenters. The van der Waals surface area contributed by atoms with Gasteiger partial charge in [0.05, 0.1) is 0 Å². The van der Waals surface area contributed by atoms with E-state index in [0.29, 0.717) is 18.6 Å². The Morgan fingerprint density at radius 2 is 1.79 bits per heavy atom. The quantitative estimate of drug-likeness (QED) is 0.892. The maximum absolute atomic E-state index is 13.1. The van der Waals surface area contributed by atoms with Gasteiger partial charge in [0.1, 0.15) is 11.5 Å². The van der Waals surface area contributed by atoms with Crippen LogP contribution < -0.4 is 4.74 Å². The Balaban J connectivity index is 2.20. The van der Waals surface area contributed by atoms with Crippen LogP contribution >= 0.6 is 0 Å². The second-order valence-corrected chi connectivity index (χ2v) is 4.11. The lowest BCUT2D eigenvalue weighted by Crippen LogP contribution is -1.95. The zero-order chi connectivity index (χ0) is 13.7. The molecule has 0 atom stereocenters. The minimum Gasteiger partial charge on any atom is -0.457 e. The summed E-state index contributed by atoms with van der Waals surface area (Å²) in [5, 5.41) is 8.84. The first-order valence-electron chi connectivity index (χ1n) is 6.02. The van der Waals surface area contributed by atoms with Crippen molar-refractivity contribution in [3.63, 3.8) is 0 Å². The summed E-state index contributed by atoms with van der Waals surface area (Å²) in [6.45, 7) is 0.0967. The van der Waals surface area contributed by atoms with Crippen LogP contribution in [0.3, 0.4) is 0 Å². The van der Waals surface area contributed by atoms with E-state index in [2.05, 4.69) is 0 Å². The van der Waals surface area contributed by atoms with E-state index < -0.39 is 11.6 Å². The molecule has 0 saturated carbocycles. The van der Waals surface area contributed by atoms with Gasteiger partial charge in [0.15, 0.2) is 11.6 Å². The maximum Gasteiger partial charge on any atom is 0.162 e. The minimum absolute atomic E-state index is 0.0967. The Bertz CT molecular complexity index is 556. The molecule has 0 heterocycles. The molecule has 0 aromatic heterocycles. The summed E-state index contributed by atoms with van der Waals surface area (Å²) in [4.78, 5) is 0. The highest BCUT2D eigenvalue weighted by atomic mass is 19.2. The lowest BCUT2D eigenvalue weighted by Gasteiger charge is -2.10. The van der Waals surface area contributed by atoms with Gasteiger partial charge in [-0.3, -0.25) is 0 Å². The molecule has 2 rings (SSSR count). The lowest BCUT2D eigenvalue weighted by atomic mass is 10.1. The zero-order valence-electron chi connectivity index (χ0n) is 10.3. The average molecular weight is 264 g/mol. The predicted octanol–water partition coefficient (Wildman–Crippen LogP) is 3.68. The molecule has 0 spiro atoms. The number of rotatable bonds is 5. The largest absolute Gasteiger partial charge is 0.457 e. The predicted molar refractivity (Wildman–Crippen MR) is 68.3 cm³/mol. The van der Waals surface area contributed by atoms with Gasteiger partial charge >= 0.3 is 0 Å². The van der Waals surface area contributed by atoms with Crippen molar-refractivity contribution in [2.24, 2.45) is 0 Å². The number of hydrogen-bond donors (Lipinski definition) is 1. The van der Waals surface area contributed by atoms with Crippen molar-refractivity contribution >= 4 is 0 Å². The van der Waals surface area contributed by atoms with Crippen LogP contribution in [-0.4, -0.2) is 11.7 Å². The van der Waals surface area contributed by atoms with Gasteiger partial charge in [0.2, 0.25) is 0 Å². The van der Waals surface area contributed by atoms with E-state index in [9.17, 15) is 8.78 Å². The van der Waals surface area contributed by atoms with Gasteiger partial charge in [-0.2, -0.15) is 0 Å². The Morgan fingerprint density at radius 3 is 2.53 bits per heavy atom. The fourth-order valence-electron chi connectivity index (χ4n) is 1.75. The summed E-state index contributed by atoms with van der Waals surface area (Å²) in [6.07, 6.45) is 1.29. The average Bonchev–Trinajstić information content (AvgIpc) is 2.42. The second kappa shape index (κ2) is 6.29. The highest BCUT2D eigenvalue weighted by Gasteiger charge is 2.07. The van der Waals surface area contributed by atoms with Gasteiger partial charge in [-0.05, 0) is 36.6 Å². The van der Waals surface area contributed by atoms with E-state index in [4.69, 9.17) is 9.84 Å². The fourth-order valence-corrected chi connectivity index (χ4v) is 1.75. The third-order valence-corrected chi connectivity index (χ3v) is 2.70. The Kier molecular flexibility index (Phi) is 4.47. The highest BCUT2D eigenvalue weighted by molar-refractivity contribution is 5.38. The SMILES string of the molecule is OCCCc1ccccc1Oc1ccc(F)c(F)c1. The number of para-hydroxylation sites is 1. The molecule has 4 heteroatoms. The van der Waals surface area contributed by atoms with Gasteiger partial charge in [0.25, 0.3) is 0 Å². The van der Waals surface area contributed by atoms with Gasteiger partial charge in [-0.15, -0.1) is 0 Å². The van der Waals surface area contributed by atoms with Crippen LogP contribution in [0, 0.1) is 11.6 Å². The van der Waals surface area contributed by atoms with Gasteiger partial charge < -0.3 is 9.84 Å². The topological polar surface area (TPSA) is 29.5 Å². The smallest absolute Gasteiger partial charge is 0.162 e. The Hall–Kier alpha value is -1.94. The number of ether oxygens (including phenoxy) is 1. The van der Waals surface area contributed by atoms with Crippen molar-refractivity contribution in [1.29, 1.82) is 0 Å². The number of benzene rings is 2. The highest BCUT2D eigenvalue weighted by Crippen LogP contribution is 2.27. The summed E-state index contributed by atoms with van der Waals surface area (Å²) in [6, 6.07) is 10.7. The maximum atomic E-state index is 13.1. The summed E-state index contributed by atoms with van der Waals surface area (Å²) >= 11 is 0. The number of aliphatic hydroxyl groups is 1. The van der Waals surface area contributed by atoms with Gasteiger partial charge in [0, 0.05) is 12.7 Å². The molecule has 2 aromatic carbocycles. The van der Waals surface area contributed by atoms with Crippen LogP contribution in [0.4, 0.5) is 8.78 Å². The molecule has 2 nitrogen and oxygen atoms in total. The summed E-state index contributed by atoms with van der Waals surface area (Å²) in [7, 11) is 0. The van der Waals surface area contributed by atoms with E-state index in [0.717, 1.165) is 17.7 Å². The van der Waals surface area contributed by atoms with Crippen LogP contribution in [0.25, 0.3) is 0 Å². The molecule has 2 aromatic rings. The van der Waals surface area contributed by atoms with E-state index in [1.54, 1.807) is 12.1 Å². The molecular weight excluding hydrogens is 250 g/mol. The van der Waals surface area contributed by atoms with E-state index in [-0.39, 0.29) is 12.4 Å². The first-order chi connectivity index (χ1) is 9.20. The molecule has 1 N–H and O–H groups in total. The van der Waals surface area contributed by atoms with E-state index in [1.165, 1.54) is 6.07 Å². The Morgan fingerprint density at radius 1 is 1.00 bits per heavy atom. The van der Waals surface area contributed by atoms with Crippen LogP contribution in [-0.2, 0) is 6.42 Å². The standard InChI is InChI=1S/C15H14F2O2/c16-13-8-7-12(10-14(13)17)19-15-6-2-1-4-11(15)5-3-9-18/h1-2,4,6-8,10,18H,3,5,9H2. The van der Waals surface area contributed by atoms with E-state index >= 15 is 0 Å². The molecule has 0 fully saturated rings. The van der Waals surface area contributed by atoms with Gasteiger partial charge in [-0.25, -0.2) is 8.78 Å². The molecule has 0 radical (unpaired) electrons. The normalized spacial score (nSPS) is 10.5. The molecule has 19 heavy (non-hydrogen) atoms. The third-order valence-electron chi connectivity index (χ3n) is 2.70. The third kappa shape index (κ3) is 3.51. The molecule has 0 aliphatic rings. The molecule has 0 amide bonds. The molecule has 0 bridgehead atoms. The van der Waals surface area contributed by atoms with Crippen LogP contribution in [0.2, 0.25) is 0 Å². The van der Waals surface area contributed by atoms with Crippen molar-refractivity contribution in [3.8, 4) is 11.5 Å². The van der Waals surface area contributed by atoms with Gasteiger partial charge in [-0.1, -0.05) is 18.2 Å². The van der Waals surface area contributed by atoms with Crippen LogP contribution in [0.5, 0.6) is 11.5 Å². The number of aryl methyl sites for hydroxylation is 1. The van der Waals surface area contributed by atoms with Crippen molar-refractivity contribution in [1.82, 2.24) is 0 Å². The minimum atomic E-state index is -0.940. The van der Waals surface area contributed by atoms with Crippen molar-refractivity contribution in [3.05, 3.63) is 59.7 Å². The lowest BCUT2D eigenvalue weighted by molar-refractivity contribution is 0.288. The molecule has 0 saturated heterocycles. The second-order valence-electron chi connectivity index (χ2n) is 4.11. The summed E-state index contributed by atoms with van der Waals surface area (Å²) in [5.74, 6) is -1.01. The molecule has 0 aliphatic heterocycles. The monoisotopic (exact) mass is 264 g/mol. The number of hydrogen-bond acceptors (Lipinski definition) is 2. The van der Waals surface area contributed by atoms with E-state index in [1.807, 2.05) is 12.1 Å². The molecular formula is C15H14F2O2. The first-order valence-corrected chi connectivity index (χ1v) is 6.02. The van der Waals surface area contributed by atoms with Crippen molar-refractivity contribution in [2.75, 3.05) is 6.61 Å². The van der Waals surface area contributed by atoms with Crippen molar-refractivity contribution in [2.45, 2.75) is 12.8 Å². The summed E-state index contributed by atoms with van der Waals surface area (Å²) in [5.41, 5.74) is 0.918. The number of halogens is 2. The van der Waals surface area contributed by atoms with Crippen molar-refractivity contribution < 1.29 is 18.6 Å². The summed E-state index contributed by atoms with van der Waals surface area (Å²) < 4.78 is 31.5. The number of aliphatic hydroxyl groups excluding tert-OH is 1.